The zero-order valence-electron chi connectivity index (χ0n) is 9.24. The van der Waals surface area contributed by atoms with E-state index < -0.39 is 0 Å². The molecular weight excluding hydrogens is 246 g/mol. The third kappa shape index (κ3) is 2.93. The SMILES string of the molecule is CC(C)(C)NC(=S)NN1[C@@H]2CS[C@@H]1CS2. The van der Waals surface area contributed by atoms with Gasteiger partial charge >= 0.3 is 0 Å². The van der Waals surface area contributed by atoms with Crippen molar-refractivity contribution in [1.29, 1.82) is 0 Å². The molecule has 6 heteroatoms. The smallest absolute Gasteiger partial charge is 0.181 e. The highest BCUT2D eigenvalue weighted by Crippen LogP contribution is 2.42. The lowest BCUT2D eigenvalue weighted by Crippen LogP contribution is -2.53. The summed E-state index contributed by atoms with van der Waals surface area (Å²) in [7, 11) is 0. The molecule has 0 radical (unpaired) electrons. The lowest BCUT2D eigenvalue weighted by atomic mass is 10.1. The molecule has 2 saturated heterocycles. The fourth-order valence-electron chi connectivity index (χ4n) is 1.62. The molecule has 2 heterocycles. The Morgan fingerprint density at radius 2 is 1.80 bits per heavy atom. The lowest BCUT2D eigenvalue weighted by Gasteiger charge is -2.27. The average molecular weight is 263 g/mol. The van der Waals surface area contributed by atoms with E-state index in [1.54, 1.807) is 0 Å². The van der Waals surface area contributed by atoms with Gasteiger partial charge in [-0.25, -0.2) is 0 Å². The monoisotopic (exact) mass is 263 g/mol. The van der Waals surface area contributed by atoms with E-state index in [0.717, 1.165) is 5.11 Å². The van der Waals surface area contributed by atoms with E-state index in [4.69, 9.17) is 12.2 Å². The zero-order chi connectivity index (χ0) is 11.1. The van der Waals surface area contributed by atoms with Gasteiger partial charge in [-0.15, -0.1) is 23.5 Å². The van der Waals surface area contributed by atoms with Crippen LogP contribution in [0.4, 0.5) is 0 Å². The molecule has 15 heavy (non-hydrogen) atoms. The minimum atomic E-state index is 0.0309. The summed E-state index contributed by atoms with van der Waals surface area (Å²) < 4.78 is 0. The van der Waals surface area contributed by atoms with Gasteiger partial charge in [0.1, 0.15) is 0 Å². The summed E-state index contributed by atoms with van der Waals surface area (Å²) in [5.74, 6) is 2.42. The molecule has 2 atom stereocenters. The van der Waals surface area contributed by atoms with Crippen LogP contribution in [0.5, 0.6) is 0 Å². The number of thiocarbonyl (C=S) groups is 1. The summed E-state index contributed by atoms with van der Waals surface area (Å²) in [4.78, 5) is 0. The summed E-state index contributed by atoms with van der Waals surface area (Å²) in [6.07, 6.45) is 0. The summed E-state index contributed by atoms with van der Waals surface area (Å²) in [5.41, 5.74) is 3.34. The molecule has 0 saturated carbocycles. The Bertz CT molecular complexity index is 244. The normalized spacial score (nSPS) is 30.6. The molecule has 86 valence electrons. The van der Waals surface area contributed by atoms with Crippen molar-refractivity contribution in [2.24, 2.45) is 0 Å². The Morgan fingerprint density at radius 1 is 1.27 bits per heavy atom. The van der Waals surface area contributed by atoms with Crippen molar-refractivity contribution < 1.29 is 0 Å². The molecule has 0 amide bonds. The Labute approximate surface area is 105 Å². The van der Waals surface area contributed by atoms with Crippen LogP contribution in [-0.4, -0.2) is 37.9 Å². The summed E-state index contributed by atoms with van der Waals surface area (Å²) >= 11 is 9.32. The highest BCUT2D eigenvalue weighted by atomic mass is 32.2. The molecule has 0 spiro atoms. The maximum Gasteiger partial charge on any atom is 0.181 e. The summed E-state index contributed by atoms with van der Waals surface area (Å²) in [5, 5.41) is 7.50. The van der Waals surface area contributed by atoms with Crippen LogP contribution in [0.25, 0.3) is 0 Å². The van der Waals surface area contributed by atoms with Crippen LogP contribution in [0, 0.1) is 0 Å². The molecule has 2 aliphatic rings. The number of nitrogens with one attached hydrogen (secondary N) is 2. The van der Waals surface area contributed by atoms with Gasteiger partial charge in [-0.2, -0.15) is 5.01 Å². The van der Waals surface area contributed by atoms with Crippen LogP contribution < -0.4 is 10.7 Å². The van der Waals surface area contributed by atoms with Gasteiger partial charge in [0.25, 0.3) is 0 Å². The predicted molar refractivity (Wildman–Crippen MR) is 73.0 cm³/mol. The fourth-order valence-corrected chi connectivity index (χ4v) is 5.16. The number of thioether (sulfide) groups is 2. The van der Waals surface area contributed by atoms with Crippen molar-refractivity contribution >= 4 is 40.9 Å². The van der Waals surface area contributed by atoms with E-state index in [9.17, 15) is 0 Å². The van der Waals surface area contributed by atoms with Gasteiger partial charge in [0, 0.05) is 17.0 Å². The van der Waals surface area contributed by atoms with E-state index in [1.165, 1.54) is 11.5 Å². The highest BCUT2D eigenvalue weighted by molar-refractivity contribution is 8.07. The Hall–Kier alpha value is 0.350. The summed E-state index contributed by atoms with van der Waals surface area (Å²) in [6.45, 7) is 6.34. The van der Waals surface area contributed by atoms with E-state index >= 15 is 0 Å². The number of hydrazine groups is 1. The van der Waals surface area contributed by atoms with Gasteiger partial charge in [-0.1, -0.05) is 0 Å². The van der Waals surface area contributed by atoms with Crippen LogP contribution in [0.15, 0.2) is 0 Å². The molecular formula is C9H17N3S3. The Morgan fingerprint density at radius 3 is 2.20 bits per heavy atom. The Balaban J connectivity index is 1.85. The summed E-state index contributed by atoms with van der Waals surface area (Å²) in [6, 6.07) is 0. The number of fused-ring (bicyclic) bond motifs is 2. The van der Waals surface area contributed by atoms with Gasteiger partial charge < -0.3 is 5.32 Å². The van der Waals surface area contributed by atoms with Crippen molar-refractivity contribution in [2.45, 2.75) is 37.1 Å². The first-order valence-corrected chi connectivity index (χ1v) is 7.57. The third-order valence-electron chi connectivity index (χ3n) is 2.20. The van der Waals surface area contributed by atoms with E-state index in [0.29, 0.717) is 10.7 Å². The first kappa shape index (κ1) is 11.8. The van der Waals surface area contributed by atoms with Crippen molar-refractivity contribution in [1.82, 2.24) is 15.8 Å². The number of nitrogens with zero attached hydrogens (tertiary/aromatic N) is 1. The quantitative estimate of drug-likeness (QED) is 0.698. The molecule has 3 nitrogen and oxygen atoms in total. The predicted octanol–water partition coefficient (Wildman–Crippen LogP) is 1.61. The molecule has 0 aromatic rings. The molecule has 0 unspecified atom stereocenters. The van der Waals surface area contributed by atoms with Crippen molar-refractivity contribution in [2.75, 3.05) is 11.5 Å². The van der Waals surface area contributed by atoms with Crippen molar-refractivity contribution in [3.05, 3.63) is 0 Å². The molecule has 2 aliphatic heterocycles. The minimum Gasteiger partial charge on any atom is -0.357 e. The van der Waals surface area contributed by atoms with Crippen molar-refractivity contribution in [3.8, 4) is 0 Å². The van der Waals surface area contributed by atoms with Crippen LogP contribution in [0.1, 0.15) is 20.8 Å². The van der Waals surface area contributed by atoms with E-state index in [1.807, 2.05) is 23.5 Å². The molecule has 0 aliphatic carbocycles. The molecule has 2 N–H and O–H groups in total. The van der Waals surface area contributed by atoms with E-state index in [2.05, 4.69) is 36.5 Å². The second-order valence-corrected chi connectivity index (χ2v) is 7.63. The molecule has 2 rings (SSSR count). The largest absolute Gasteiger partial charge is 0.357 e. The molecule has 0 aromatic carbocycles. The van der Waals surface area contributed by atoms with Crippen LogP contribution in [0.3, 0.4) is 0 Å². The second-order valence-electron chi connectivity index (χ2n) is 4.80. The van der Waals surface area contributed by atoms with Gasteiger partial charge in [0.2, 0.25) is 0 Å². The zero-order valence-corrected chi connectivity index (χ0v) is 11.7. The van der Waals surface area contributed by atoms with Gasteiger partial charge in [0.05, 0.1) is 10.7 Å². The van der Waals surface area contributed by atoms with Crippen LogP contribution >= 0.6 is 35.7 Å². The number of hydrogen-bond acceptors (Lipinski definition) is 4. The fraction of sp³-hybridized carbons (Fsp3) is 0.889. The first-order valence-electron chi connectivity index (χ1n) is 5.06. The first-order chi connectivity index (χ1) is 6.96. The lowest BCUT2D eigenvalue weighted by molar-refractivity contribution is 0.251. The third-order valence-corrected chi connectivity index (χ3v) is 5.39. The van der Waals surface area contributed by atoms with Gasteiger partial charge in [-0.05, 0) is 33.0 Å². The minimum absolute atomic E-state index is 0.0309. The average Bonchev–Trinajstić information content (AvgIpc) is 2.61. The van der Waals surface area contributed by atoms with Gasteiger partial charge in [0.15, 0.2) is 5.11 Å². The molecule has 2 fully saturated rings. The standard InChI is InChI=1S/C9H17N3S3/c1-9(2,3)10-8(13)11-12-6-4-14-7(12)5-15-6/h6-7H,4-5H2,1-3H3,(H2,10,11,13)/t6-,7+. The van der Waals surface area contributed by atoms with Gasteiger partial charge in [-0.3, -0.25) is 5.43 Å². The topological polar surface area (TPSA) is 27.3 Å². The van der Waals surface area contributed by atoms with Crippen molar-refractivity contribution in [3.63, 3.8) is 0 Å². The maximum absolute atomic E-state index is 5.29. The van der Waals surface area contributed by atoms with E-state index in [-0.39, 0.29) is 5.54 Å². The maximum atomic E-state index is 5.29. The second kappa shape index (κ2) is 4.31. The number of rotatable bonds is 1. The highest BCUT2D eigenvalue weighted by Gasteiger charge is 2.41. The van der Waals surface area contributed by atoms with Crippen LogP contribution in [0.2, 0.25) is 0 Å². The Kier molecular flexibility index (Phi) is 3.40. The number of hydrogen-bond donors (Lipinski definition) is 2. The molecule has 2 bridgehead atoms. The van der Waals surface area contributed by atoms with Crippen LogP contribution in [-0.2, 0) is 0 Å². The molecule has 0 aromatic heterocycles.